The van der Waals surface area contributed by atoms with Crippen LogP contribution in [0.2, 0.25) is 0 Å². The molecule has 0 saturated heterocycles. The van der Waals surface area contributed by atoms with Crippen LogP contribution in [0.25, 0.3) is 11.0 Å². The number of aromatic nitrogens is 2. The average Bonchev–Trinajstić information content (AvgIpc) is 3.14. The molecule has 5 nitrogen and oxygen atoms in total. The normalized spacial score (nSPS) is 11.9. The molecule has 3 aromatic rings. The van der Waals surface area contributed by atoms with E-state index in [1.165, 1.54) is 0 Å². The number of carbonyl (C=O) groups excluding carboxylic acids is 1. The zero-order valence-corrected chi connectivity index (χ0v) is 15.5. The number of furan rings is 1. The van der Waals surface area contributed by atoms with E-state index in [2.05, 4.69) is 30.7 Å². The number of para-hydroxylation sites is 2. The first-order valence-electron chi connectivity index (χ1n) is 8.55. The van der Waals surface area contributed by atoms with Crippen LogP contribution in [0.15, 0.2) is 34.7 Å². The quantitative estimate of drug-likeness (QED) is 0.779. The van der Waals surface area contributed by atoms with Gasteiger partial charge in [-0.25, -0.2) is 4.98 Å². The maximum Gasteiger partial charge on any atom is 0.257 e. The fourth-order valence-corrected chi connectivity index (χ4v) is 2.77. The number of benzene rings is 1. The second-order valence-corrected chi connectivity index (χ2v) is 7.51. The van der Waals surface area contributed by atoms with Crippen LogP contribution in [0, 0.1) is 6.92 Å². The number of nitrogens with one attached hydrogen (secondary N) is 1. The minimum absolute atomic E-state index is 0.0205. The zero-order valence-electron chi connectivity index (χ0n) is 15.5. The van der Waals surface area contributed by atoms with Crippen LogP contribution in [0.5, 0.6) is 0 Å². The lowest BCUT2D eigenvalue weighted by Crippen LogP contribution is -2.29. The fraction of sp³-hybridized carbons (Fsp3) is 0.400. The van der Waals surface area contributed by atoms with Crippen molar-refractivity contribution in [2.45, 2.75) is 39.5 Å². The summed E-state index contributed by atoms with van der Waals surface area (Å²) < 4.78 is 5.79. The van der Waals surface area contributed by atoms with Crippen molar-refractivity contribution in [3.8, 4) is 0 Å². The van der Waals surface area contributed by atoms with Crippen molar-refractivity contribution in [2.24, 2.45) is 0 Å². The molecule has 5 heteroatoms. The highest BCUT2D eigenvalue weighted by Crippen LogP contribution is 2.27. The van der Waals surface area contributed by atoms with E-state index in [-0.39, 0.29) is 11.3 Å². The average molecular weight is 339 g/mol. The summed E-state index contributed by atoms with van der Waals surface area (Å²) in [6, 6.07) is 9.80. The van der Waals surface area contributed by atoms with Crippen molar-refractivity contribution in [2.75, 3.05) is 13.6 Å². The molecular weight excluding hydrogens is 314 g/mol. The highest BCUT2D eigenvalue weighted by Gasteiger charge is 2.24. The smallest absolute Gasteiger partial charge is 0.257 e. The Balaban J connectivity index is 1.69. The summed E-state index contributed by atoms with van der Waals surface area (Å²) in [6.45, 7) is 8.66. The van der Waals surface area contributed by atoms with Gasteiger partial charge >= 0.3 is 0 Å². The molecule has 0 spiro atoms. The highest BCUT2D eigenvalue weighted by molar-refractivity contribution is 5.95. The number of hydrogen-bond donors (Lipinski definition) is 1. The van der Waals surface area contributed by atoms with Crippen LogP contribution < -0.4 is 0 Å². The van der Waals surface area contributed by atoms with Gasteiger partial charge in [0.2, 0.25) is 0 Å². The first-order valence-corrected chi connectivity index (χ1v) is 8.55. The molecule has 0 fully saturated rings. The number of amides is 1. The number of likely N-dealkylation sites (N-methyl/N-ethyl adjacent to an activating group) is 1. The van der Waals surface area contributed by atoms with Crippen LogP contribution in [0.3, 0.4) is 0 Å². The largest absolute Gasteiger partial charge is 0.465 e. The third-order valence-corrected chi connectivity index (χ3v) is 4.36. The van der Waals surface area contributed by atoms with Crippen molar-refractivity contribution in [3.05, 3.63) is 53.2 Å². The van der Waals surface area contributed by atoms with Gasteiger partial charge in [0.1, 0.15) is 17.3 Å². The van der Waals surface area contributed by atoms with E-state index in [9.17, 15) is 4.79 Å². The van der Waals surface area contributed by atoms with Gasteiger partial charge in [-0.2, -0.15) is 0 Å². The van der Waals surface area contributed by atoms with Gasteiger partial charge in [0, 0.05) is 25.4 Å². The van der Waals surface area contributed by atoms with Gasteiger partial charge in [0.05, 0.1) is 16.6 Å². The summed E-state index contributed by atoms with van der Waals surface area (Å²) in [5.74, 6) is 2.37. The summed E-state index contributed by atoms with van der Waals surface area (Å²) in [5, 5.41) is 0. The van der Waals surface area contributed by atoms with Gasteiger partial charge in [0.15, 0.2) is 0 Å². The third kappa shape index (κ3) is 3.60. The predicted molar refractivity (Wildman–Crippen MR) is 98.9 cm³/mol. The van der Waals surface area contributed by atoms with Crippen molar-refractivity contribution < 1.29 is 9.21 Å². The topological polar surface area (TPSA) is 62.1 Å². The molecule has 2 heterocycles. The molecule has 0 radical (unpaired) electrons. The van der Waals surface area contributed by atoms with E-state index >= 15 is 0 Å². The Morgan fingerprint density at radius 1 is 1.28 bits per heavy atom. The first-order chi connectivity index (χ1) is 11.8. The number of hydrogen-bond acceptors (Lipinski definition) is 3. The van der Waals surface area contributed by atoms with Crippen molar-refractivity contribution in [3.63, 3.8) is 0 Å². The van der Waals surface area contributed by atoms with Gasteiger partial charge in [-0.05, 0) is 25.1 Å². The molecule has 3 rings (SSSR count). The number of aryl methyl sites for hydroxylation is 1. The monoisotopic (exact) mass is 339 g/mol. The Labute approximate surface area is 148 Å². The standard InChI is InChI=1S/C20H25N3O2/c1-13-14(12-17(25-13)20(2,3)4)19(24)23(5)11-10-18-21-15-8-6-7-9-16(15)22-18/h6-9,12H,10-11H2,1-5H3,(H,21,22). The van der Waals surface area contributed by atoms with E-state index in [4.69, 9.17) is 4.42 Å². The molecule has 25 heavy (non-hydrogen) atoms. The van der Waals surface area contributed by atoms with E-state index < -0.39 is 0 Å². The molecule has 0 atom stereocenters. The molecule has 0 saturated carbocycles. The molecule has 1 N–H and O–H groups in total. The first kappa shape index (κ1) is 17.3. The molecule has 132 valence electrons. The molecule has 0 aliphatic heterocycles. The second kappa shape index (κ2) is 6.39. The van der Waals surface area contributed by atoms with Gasteiger partial charge in [-0.15, -0.1) is 0 Å². The van der Waals surface area contributed by atoms with Crippen LogP contribution in [-0.4, -0.2) is 34.4 Å². The van der Waals surface area contributed by atoms with E-state index in [1.54, 1.807) is 4.90 Å². The number of carbonyl (C=O) groups is 1. The van der Waals surface area contributed by atoms with Gasteiger partial charge in [-0.1, -0.05) is 32.9 Å². The Morgan fingerprint density at radius 3 is 2.64 bits per heavy atom. The van der Waals surface area contributed by atoms with E-state index in [0.29, 0.717) is 24.3 Å². The number of nitrogens with zero attached hydrogens (tertiary/aromatic N) is 2. The SMILES string of the molecule is Cc1oc(C(C)(C)C)cc1C(=O)N(C)CCc1nc2ccccc2[nH]1. The molecule has 1 amide bonds. The lowest BCUT2D eigenvalue weighted by molar-refractivity contribution is 0.0794. The number of fused-ring (bicyclic) bond motifs is 1. The summed E-state index contributed by atoms with van der Waals surface area (Å²) in [7, 11) is 1.81. The minimum Gasteiger partial charge on any atom is -0.465 e. The van der Waals surface area contributed by atoms with Crippen LogP contribution >= 0.6 is 0 Å². The number of H-pyrrole nitrogens is 1. The fourth-order valence-electron chi connectivity index (χ4n) is 2.77. The van der Waals surface area contributed by atoms with E-state index in [1.807, 2.05) is 44.3 Å². The maximum absolute atomic E-state index is 12.7. The second-order valence-electron chi connectivity index (χ2n) is 7.51. The van der Waals surface area contributed by atoms with Crippen LogP contribution in [0.1, 0.15) is 48.5 Å². The number of rotatable bonds is 4. The summed E-state index contributed by atoms with van der Waals surface area (Å²) >= 11 is 0. The molecular formula is C20H25N3O2. The Bertz CT molecular complexity index is 866. The lowest BCUT2D eigenvalue weighted by Gasteiger charge is -2.16. The predicted octanol–water partition coefficient (Wildman–Crippen LogP) is 4.08. The minimum atomic E-state index is -0.115. The maximum atomic E-state index is 12.7. The number of imidazole rings is 1. The zero-order chi connectivity index (χ0) is 18.2. The van der Waals surface area contributed by atoms with Crippen molar-refractivity contribution in [1.29, 1.82) is 0 Å². The molecule has 1 aromatic carbocycles. The van der Waals surface area contributed by atoms with Crippen molar-refractivity contribution in [1.82, 2.24) is 14.9 Å². The third-order valence-electron chi connectivity index (χ3n) is 4.36. The van der Waals surface area contributed by atoms with Gasteiger partial charge in [-0.3, -0.25) is 4.79 Å². The molecule has 2 aromatic heterocycles. The summed E-state index contributed by atoms with van der Waals surface area (Å²) in [5.41, 5.74) is 2.49. The Kier molecular flexibility index (Phi) is 4.41. The Hall–Kier alpha value is -2.56. The number of aromatic amines is 1. The summed E-state index contributed by atoms with van der Waals surface area (Å²) in [4.78, 5) is 22.3. The molecule has 0 unspecified atom stereocenters. The van der Waals surface area contributed by atoms with Gasteiger partial charge < -0.3 is 14.3 Å². The highest BCUT2D eigenvalue weighted by atomic mass is 16.3. The molecule has 0 bridgehead atoms. The molecule has 0 aliphatic carbocycles. The van der Waals surface area contributed by atoms with Crippen molar-refractivity contribution >= 4 is 16.9 Å². The van der Waals surface area contributed by atoms with Crippen LogP contribution in [0.4, 0.5) is 0 Å². The van der Waals surface area contributed by atoms with Crippen LogP contribution in [-0.2, 0) is 11.8 Å². The van der Waals surface area contributed by atoms with Gasteiger partial charge in [0.25, 0.3) is 5.91 Å². The molecule has 0 aliphatic rings. The van der Waals surface area contributed by atoms with E-state index in [0.717, 1.165) is 22.6 Å². The summed E-state index contributed by atoms with van der Waals surface area (Å²) in [6.07, 6.45) is 0.681. The Morgan fingerprint density at radius 2 is 2.00 bits per heavy atom. The lowest BCUT2D eigenvalue weighted by atomic mass is 9.93.